The standard InChI is InChI=1S/C27H35NO10/c1-5-12-36-27(33)24(16(2)3)23(38-28(34)35)14-21(26(31)32)20-10-7-11-22(30)25(20)19-9-6-8-18(13-19)15-37-17(4)29/h7,10-11,13,19,21,23-24,30H,2,5-6,8-9,12,14-15H2,1,3-4H3,(H,31,32)/p-1/t19-,21?,23?,24?/m0/s1. The number of phenols is 1. The summed E-state index contributed by atoms with van der Waals surface area (Å²) >= 11 is 0. The van der Waals surface area contributed by atoms with Crippen LogP contribution in [-0.2, 0) is 28.7 Å². The number of carboxylic acids is 1. The first-order valence-corrected chi connectivity index (χ1v) is 12.4. The average Bonchev–Trinajstić information content (AvgIpc) is 2.84. The normalized spacial score (nSPS) is 17.3. The summed E-state index contributed by atoms with van der Waals surface area (Å²) in [6.45, 7) is 8.43. The van der Waals surface area contributed by atoms with Crippen molar-refractivity contribution in [3.05, 3.63) is 63.2 Å². The predicted molar refractivity (Wildman–Crippen MR) is 133 cm³/mol. The lowest BCUT2D eigenvalue weighted by atomic mass is 9.78. The van der Waals surface area contributed by atoms with Crippen molar-refractivity contribution in [3.8, 4) is 5.75 Å². The van der Waals surface area contributed by atoms with E-state index >= 15 is 0 Å². The molecule has 1 N–H and O–H groups in total. The molecule has 0 aromatic heterocycles. The molecule has 208 valence electrons. The molecule has 0 spiro atoms. The zero-order chi connectivity index (χ0) is 28.4. The van der Waals surface area contributed by atoms with E-state index in [-0.39, 0.29) is 30.1 Å². The van der Waals surface area contributed by atoms with Crippen LogP contribution in [-0.4, -0.2) is 47.4 Å². The second-order valence-electron chi connectivity index (χ2n) is 9.35. The van der Waals surface area contributed by atoms with Gasteiger partial charge in [-0.25, -0.2) is 0 Å². The highest BCUT2D eigenvalue weighted by atomic mass is 17.0. The topological polar surface area (TPSA) is 165 Å². The number of nitrogens with zero attached hydrogens (tertiary/aromatic N) is 1. The second-order valence-corrected chi connectivity index (χ2v) is 9.35. The number of aromatic hydroxyl groups is 1. The molecule has 1 aliphatic carbocycles. The smallest absolute Gasteiger partial charge is 0.315 e. The third-order valence-electron chi connectivity index (χ3n) is 6.35. The van der Waals surface area contributed by atoms with E-state index in [9.17, 15) is 34.7 Å². The van der Waals surface area contributed by atoms with E-state index in [1.807, 2.05) is 6.08 Å². The summed E-state index contributed by atoms with van der Waals surface area (Å²) in [6, 6.07) is 4.38. The molecule has 0 radical (unpaired) electrons. The zero-order valence-corrected chi connectivity index (χ0v) is 21.8. The fraction of sp³-hybridized carbons (Fsp3) is 0.519. The Bertz CT molecular complexity index is 1080. The molecule has 0 fully saturated rings. The molecule has 38 heavy (non-hydrogen) atoms. The van der Waals surface area contributed by atoms with E-state index in [4.69, 9.17) is 14.3 Å². The Hall–Kier alpha value is -3.89. The molecule has 0 bridgehead atoms. The fourth-order valence-electron chi connectivity index (χ4n) is 4.72. The molecule has 0 amide bonds. The van der Waals surface area contributed by atoms with Gasteiger partial charge < -0.3 is 29.3 Å². The lowest BCUT2D eigenvalue weighted by Crippen LogP contribution is -2.39. The first-order valence-electron chi connectivity index (χ1n) is 12.4. The summed E-state index contributed by atoms with van der Waals surface area (Å²) < 4.78 is 10.3. The summed E-state index contributed by atoms with van der Waals surface area (Å²) in [5.41, 5.74) is 1.53. The molecule has 4 atom stereocenters. The van der Waals surface area contributed by atoms with Gasteiger partial charge in [-0.05, 0) is 56.2 Å². The van der Waals surface area contributed by atoms with Gasteiger partial charge in [0, 0.05) is 30.3 Å². The van der Waals surface area contributed by atoms with Crippen molar-refractivity contribution in [3.63, 3.8) is 0 Å². The third-order valence-corrected chi connectivity index (χ3v) is 6.35. The van der Waals surface area contributed by atoms with Gasteiger partial charge in [0.05, 0.1) is 6.61 Å². The number of carbonyl (C=O) groups is 3. The Morgan fingerprint density at radius 3 is 2.53 bits per heavy atom. The highest BCUT2D eigenvalue weighted by Crippen LogP contribution is 2.42. The Morgan fingerprint density at radius 1 is 1.24 bits per heavy atom. The van der Waals surface area contributed by atoms with Crippen LogP contribution in [0.15, 0.2) is 42.0 Å². The lowest BCUT2D eigenvalue weighted by Gasteiger charge is -2.31. The number of carboxylic acid groups (broad SMARTS) is 1. The molecule has 0 saturated carbocycles. The van der Waals surface area contributed by atoms with Gasteiger partial charge in [0.2, 0.25) is 0 Å². The predicted octanol–water partition coefficient (Wildman–Crippen LogP) is 3.10. The Kier molecular flexibility index (Phi) is 11.3. The van der Waals surface area contributed by atoms with E-state index in [1.165, 1.54) is 32.0 Å². The van der Waals surface area contributed by atoms with Gasteiger partial charge >= 0.3 is 11.9 Å². The van der Waals surface area contributed by atoms with Crippen LogP contribution < -0.4 is 5.11 Å². The lowest BCUT2D eigenvalue weighted by molar-refractivity contribution is -0.770. The molecular formula is C27H34NO10-. The highest BCUT2D eigenvalue weighted by molar-refractivity contribution is 5.78. The van der Waals surface area contributed by atoms with E-state index in [2.05, 4.69) is 6.58 Å². The van der Waals surface area contributed by atoms with Crippen LogP contribution in [0.5, 0.6) is 5.75 Å². The van der Waals surface area contributed by atoms with Crippen molar-refractivity contribution in [2.24, 2.45) is 5.92 Å². The largest absolute Gasteiger partial charge is 0.549 e. The Morgan fingerprint density at radius 2 is 1.95 bits per heavy atom. The summed E-state index contributed by atoms with van der Waals surface area (Å²) in [5, 5.41) is 33.4. The maximum Gasteiger partial charge on any atom is 0.315 e. The second kappa shape index (κ2) is 14.2. The van der Waals surface area contributed by atoms with Gasteiger partial charge in [-0.15, -0.1) is 10.1 Å². The Balaban J connectivity index is 2.52. The van der Waals surface area contributed by atoms with Crippen LogP contribution in [0.4, 0.5) is 0 Å². The summed E-state index contributed by atoms with van der Waals surface area (Å²) in [7, 11) is 0. The molecule has 11 heteroatoms. The molecule has 0 saturated heterocycles. The summed E-state index contributed by atoms with van der Waals surface area (Å²) in [4.78, 5) is 52.5. The van der Waals surface area contributed by atoms with Crippen molar-refractivity contribution in [1.29, 1.82) is 0 Å². The van der Waals surface area contributed by atoms with Crippen molar-refractivity contribution in [2.75, 3.05) is 13.2 Å². The molecule has 11 nitrogen and oxygen atoms in total. The van der Waals surface area contributed by atoms with Crippen LogP contribution >= 0.6 is 0 Å². The van der Waals surface area contributed by atoms with E-state index in [1.54, 1.807) is 6.92 Å². The summed E-state index contributed by atoms with van der Waals surface area (Å²) in [5.74, 6) is -6.16. The van der Waals surface area contributed by atoms with Crippen LogP contribution in [0.1, 0.15) is 75.8 Å². The molecule has 1 aliphatic rings. The minimum absolute atomic E-state index is 0.0676. The van der Waals surface area contributed by atoms with Gasteiger partial charge in [-0.1, -0.05) is 37.3 Å². The van der Waals surface area contributed by atoms with E-state index < -0.39 is 53.3 Å². The quantitative estimate of drug-likeness (QED) is 0.163. The number of aliphatic carboxylic acids is 1. The molecule has 3 unspecified atom stereocenters. The number of hydrogen-bond donors (Lipinski definition) is 1. The zero-order valence-electron chi connectivity index (χ0n) is 21.8. The first-order chi connectivity index (χ1) is 18.0. The minimum Gasteiger partial charge on any atom is -0.549 e. The number of allylic oxidation sites excluding steroid dienone is 1. The first kappa shape index (κ1) is 30.3. The van der Waals surface area contributed by atoms with Gasteiger partial charge in [-0.3, -0.25) is 9.59 Å². The van der Waals surface area contributed by atoms with Gasteiger partial charge in [0.1, 0.15) is 24.4 Å². The van der Waals surface area contributed by atoms with Crippen molar-refractivity contribution < 1.29 is 44.0 Å². The number of rotatable bonds is 14. The SMILES string of the molecule is C=C(C)C(C(=O)OCCC)C(CC(C(=O)[O-])c1cccc(O)c1[C@@H]1C=C(COC(C)=O)CCC1)O[N+](=O)[O-]. The monoisotopic (exact) mass is 532 g/mol. The molecule has 0 heterocycles. The maximum absolute atomic E-state index is 12.7. The van der Waals surface area contributed by atoms with Crippen molar-refractivity contribution in [1.82, 2.24) is 0 Å². The van der Waals surface area contributed by atoms with Gasteiger partial charge in [0.15, 0.2) is 0 Å². The van der Waals surface area contributed by atoms with Gasteiger partial charge in [-0.2, -0.15) is 0 Å². The maximum atomic E-state index is 12.7. The van der Waals surface area contributed by atoms with Crippen LogP contribution in [0, 0.1) is 16.0 Å². The van der Waals surface area contributed by atoms with E-state index in [0.29, 0.717) is 31.2 Å². The Labute approximate surface area is 221 Å². The molecule has 0 aliphatic heterocycles. The molecule has 1 aromatic carbocycles. The average molecular weight is 533 g/mol. The number of phenolic OH excluding ortho intramolecular Hbond substituents is 1. The molecule has 1 aromatic rings. The number of esters is 2. The van der Waals surface area contributed by atoms with Crippen molar-refractivity contribution >= 4 is 17.9 Å². The number of hydrogen-bond acceptors (Lipinski definition) is 10. The highest BCUT2D eigenvalue weighted by Gasteiger charge is 2.37. The third kappa shape index (κ3) is 8.32. The molecule has 2 rings (SSSR count). The molecular weight excluding hydrogens is 498 g/mol. The van der Waals surface area contributed by atoms with Crippen LogP contribution in [0.3, 0.4) is 0 Å². The van der Waals surface area contributed by atoms with E-state index in [0.717, 1.165) is 5.57 Å². The number of ether oxygens (including phenoxy) is 2. The number of benzene rings is 1. The van der Waals surface area contributed by atoms with Crippen LogP contribution in [0.2, 0.25) is 0 Å². The van der Waals surface area contributed by atoms with Gasteiger partial charge in [0.25, 0.3) is 5.09 Å². The van der Waals surface area contributed by atoms with Crippen LogP contribution in [0.25, 0.3) is 0 Å². The number of carbonyl (C=O) groups excluding carboxylic acids is 3. The minimum atomic E-state index is -1.56. The van der Waals surface area contributed by atoms with Crippen molar-refractivity contribution in [2.45, 2.75) is 70.8 Å². The summed E-state index contributed by atoms with van der Waals surface area (Å²) in [6.07, 6.45) is 2.26. The fourth-order valence-corrected chi connectivity index (χ4v) is 4.72.